The highest BCUT2D eigenvalue weighted by Gasteiger charge is 2.24. The Kier molecular flexibility index (Phi) is 6.13. The fourth-order valence-electron chi connectivity index (χ4n) is 4.42. The van der Waals surface area contributed by atoms with Crippen LogP contribution in [0.1, 0.15) is 12.0 Å². The van der Waals surface area contributed by atoms with Crippen molar-refractivity contribution < 1.29 is 22.7 Å². The number of morpholine rings is 2. The standard InChI is InChI=1S/C23H28N4O5S/c28-23-6-1-17-15-19(3-5-20(17)24-23)33(29,30)25-21-4-2-18(26-7-11-31-12-8-26)16-22(21)27-9-13-32-14-10-27/h2-5,15-16,25H,1,6-14H2,(H,24,28). The van der Waals surface area contributed by atoms with Gasteiger partial charge in [-0.25, -0.2) is 8.42 Å². The number of benzene rings is 2. The minimum atomic E-state index is -3.81. The summed E-state index contributed by atoms with van der Waals surface area (Å²) in [6.07, 6.45) is 0.881. The van der Waals surface area contributed by atoms with E-state index in [1.54, 1.807) is 12.1 Å². The van der Waals surface area contributed by atoms with E-state index < -0.39 is 10.0 Å². The van der Waals surface area contributed by atoms with Gasteiger partial charge >= 0.3 is 0 Å². The van der Waals surface area contributed by atoms with Crippen molar-refractivity contribution in [2.75, 3.05) is 72.4 Å². The van der Waals surface area contributed by atoms with Gasteiger partial charge in [0.05, 0.1) is 42.7 Å². The number of hydrogen-bond acceptors (Lipinski definition) is 7. The number of carbonyl (C=O) groups excluding carboxylic acids is 1. The second-order valence-electron chi connectivity index (χ2n) is 8.37. The third kappa shape index (κ3) is 4.78. The molecule has 33 heavy (non-hydrogen) atoms. The first-order chi connectivity index (χ1) is 16.0. The molecule has 2 saturated heterocycles. The molecule has 2 N–H and O–H groups in total. The van der Waals surface area contributed by atoms with Crippen molar-refractivity contribution in [1.29, 1.82) is 0 Å². The van der Waals surface area contributed by atoms with Crippen LogP contribution in [0.5, 0.6) is 0 Å². The molecule has 0 aromatic heterocycles. The Morgan fingerprint density at radius 3 is 2.27 bits per heavy atom. The molecule has 10 heteroatoms. The van der Waals surface area contributed by atoms with Crippen LogP contribution in [0.3, 0.4) is 0 Å². The highest BCUT2D eigenvalue weighted by molar-refractivity contribution is 7.92. The number of nitrogens with zero attached hydrogens (tertiary/aromatic N) is 2. The molecule has 9 nitrogen and oxygen atoms in total. The summed E-state index contributed by atoms with van der Waals surface area (Å²) < 4.78 is 40.4. The third-order valence-electron chi connectivity index (χ3n) is 6.24. The molecular formula is C23H28N4O5S. The van der Waals surface area contributed by atoms with Crippen LogP contribution >= 0.6 is 0 Å². The van der Waals surface area contributed by atoms with Gasteiger partial charge in [-0.15, -0.1) is 0 Å². The predicted molar refractivity (Wildman–Crippen MR) is 127 cm³/mol. The van der Waals surface area contributed by atoms with Crippen molar-refractivity contribution in [3.63, 3.8) is 0 Å². The van der Waals surface area contributed by atoms with Crippen LogP contribution in [0.4, 0.5) is 22.7 Å². The quantitative estimate of drug-likeness (QED) is 0.687. The maximum absolute atomic E-state index is 13.3. The summed E-state index contributed by atoms with van der Waals surface area (Å²) in [6.45, 7) is 5.56. The Hall–Kier alpha value is -2.82. The number of sulfonamides is 1. The van der Waals surface area contributed by atoms with Crippen molar-refractivity contribution in [2.45, 2.75) is 17.7 Å². The summed E-state index contributed by atoms with van der Waals surface area (Å²) >= 11 is 0. The van der Waals surface area contributed by atoms with E-state index >= 15 is 0 Å². The monoisotopic (exact) mass is 472 g/mol. The third-order valence-corrected chi connectivity index (χ3v) is 7.60. The average Bonchev–Trinajstić information content (AvgIpc) is 2.85. The number of aryl methyl sites for hydroxylation is 1. The van der Waals surface area contributed by atoms with Crippen LogP contribution in [0, 0.1) is 0 Å². The number of carbonyl (C=O) groups is 1. The zero-order chi connectivity index (χ0) is 22.8. The number of amides is 1. The minimum Gasteiger partial charge on any atom is -0.378 e. The number of ether oxygens (including phenoxy) is 2. The van der Waals surface area contributed by atoms with Crippen molar-refractivity contribution in [3.05, 3.63) is 42.0 Å². The van der Waals surface area contributed by atoms with Gasteiger partial charge in [0.2, 0.25) is 5.91 Å². The van der Waals surface area contributed by atoms with Gasteiger partial charge in [-0.05, 0) is 48.4 Å². The number of rotatable bonds is 5. The molecular weight excluding hydrogens is 444 g/mol. The largest absolute Gasteiger partial charge is 0.378 e. The number of anilines is 4. The first-order valence-electron chi connectivity index (χ1n) is 11.2. The van der Waals surface area contributed by atoms with Gasteiger partial charge in [0.25, 0.3) is 10.0 Å². The van der Waals surface area contributed by atoms with Gasteiger partial charge in [-0.2, -0.15) is 0 Å². The summed E-state index contributed by atoms with van der Waals surface area (Å²) in [5, 5.41) is 2.79. The lowest BCUT2D eigenvalue weighted by Crippen LogP contribution is -2.38. The van der Waals surface area contributed by atoms with E-state index in [1.165, 1.54) is 6.07 Å². The fraction of sp³-hybridized carbons (Fsp3) is 0.435. The molecule has 5 rings (SSSR count). The van der Waals surface area contributed by atoms with E-state index in [1.807, 2.05) is 12.1 Å². The Bertz CT molecular complexity index is 1140. The smallest absolute Gasteiger partial charge is 0.261 e. The second-order valence-corrected chi connectivity index (χ2v) is 10.1. The zero-order valence-electron chi connectivity index (χ0n) is 18.4. The number of fused-ring (bicyclic) bond motifs is 1. The second kappa shape index (κ2) is 9.20. The van der Waals surface area contributed by atoms with Crippen molar-refractivity contribution in [2.24, 2.45) is 0 Å². The maximum Gasteiger partial charge on any atom is 0.261 e. The van der Waals surface area contributed by atoms with Crippen LogP contribution in [-0.4, -0.2) is 66.9 Å². The van der Waals surface area contributed by atoms with E-state index in [4.69, 9.17) is 9.47 Å². The molecule has 0 unspecified atom stereocenters. The Morgan fingerprint density at radius 1 is 0.848 bits per heavy atom. The summed E-state index contributed by atoms with van der Waals surface area (Å²) in [5.41, 5.74) is 3.94. The minimum absolute atomic E-state index is 0.0493. The van der Waals surface area contributed by atoms with E-state index in [9.17, 15) is 13.2 Å². The van der Waals surface area contributed by atoms with Crippen molar-refractivity contribution in [1.82, 2.24) is 0 Å². The predicted octanol–water partition coefficient (Wildman–Crippen LogP) is 2.05. The molecule has 0 aliphatic carbocycles. The van der Waals surface area contributed by atoms with E-state index in [0.29, 0.717) is 63.7 Å². The Balaban J connectivity index is 1.45. The molecule has 0 bridgehead atoms. The van der Waals surface area contributed by atoms with Crippen LogP contribution in [0.25, 0.3) is 0 Å². The van der Waals surface area contributed by atoms with Crippen molar-refractivity contribution >= 4 is 38.7 Å². The Morgan fingerprint density at radius 2 is 1.55 bits per heavy atom. The maximum atomic E-state index is 13.3. The van der Waals surface area contributed by atoms with Gasteiger partial charge in [-0.1, -0.05) is 0 Å². The fourth-order valence-corrected chi connectivity index (χ4v) is 5.55. The summed E-state index contributed by atoms with van der Waals surface area (Å²) in [7, 11) is -3.81. The molecule has 2 aromatic rings. The Labute approximate surface area is 193 Å². The molecule has 176 valence electrons. The summed E-state index contributed by atoms with van der Waals surface area (Å²) in [5.74, 6) is -0.0493. The van der Waals surface area contributed by atoms with E-state index in [-0.39, 0.29) is 10.8 Å². The normalized spacial score (nSPS) is 19.1. The molecule has 3 aliphatic heterocycles. The molecule has 3 aliphatic rings. The molecule has 1 amide bonds. The molecule has 2 aromatic carbocycles. The topological polar surface area (TPSA) is 100 Å². The van der Waals surface area contributed by atoms with Gasteiger partial charge in [0, 0.05) is 44.0 Å². The van der Waals surface area contributed by atoms with E-state index in [0.717, 1.165) is 30.0 Å². The highest BCUT2D eigenvalue weighted by atomic mass is 32.2. The SMILES string of the molecule is O=C1CCc2cc(S(=O)(=O)Nc3ccc(N4CCOCC4)cc3N3CCOCC3)ccc2N1. The molecule has 2 fully saturated rings. The van der Waals surface area contributed by atoms with Gasteiger partial charge in [0.1, 0.15) is 0 Å². The summed E-state index contributed by atoms with van der Waals surface area (Å²) in [6, 6.07) is 10.7. The molecule has 0 saturated carbocycles. The lowest BCUT2D eigenvalue weighted by Gasteiger charge is -2.33. The number of hydrogen-bond donors (Lipinski definition) is 2. The van der Waals surface area contributed by atoms with Gasteiger partial charge in [0.15, 0.2) is 0 Å². The van der Waals surface area contributed by atoms with Crippen LogP contribution in [0.2, 0.25) is 0 Å². The van der Waals surface area contributed by atoms with Crippen molar-refractivity contribution in [3.8, 4) is 0 Å². The van der Waals surface area contributed by atoms with Gasteiger partial charge in [-0.3, -0.25) is 9.52 Å². The lowest BCUT2D eigenvalue weighted by molar-refractivity contribution is -0.116. The van der Waals surface area contributed by atoms with E-state index in [2.05, 4.69) is 25.9 Å². The lowest BCUT2D eigenvalue weighted by atomic mass is 10.0. The molecule has 0 spiro atoms. The van der Waals surface area contributed by atoms with Gasteiger partial charge < -0.3 is 24.6 Å². The van der Waals surface area contributed by atoms with Crippen LogP contribution in [-0.2, 0) is 30.7 Å². The molecule has 0 radical (unpaired) electrons. The highest BCUT2D eigenvalue weighted by Crippen LogP contribution is 2.34. The van der Waals surface area contributed by atoms with Crippen LogP contribution in [0.15, 0.2) is 41.3 Å². The first-order valence-corrected chi connectivity index (χ1v) is 12.7. The summed E-state index contributed by atoms with van der Waals surface area (Å²) in [4.78, 5) is 16.2. The molecule has 3 heterocycles. The zero-order valence-corrected chi connectivity index (χ0v) is 19.2. The molecule has 0 atom stereocenters. The average molecular weight is 473 g/mol. The number of nitrogens with one attached hydrogen (secondary N) is 2. The van der Waals surface area contributed by atoms with Crippen LogP contribution < -0.4 is 19.8 Å². The first kappa shape index (κ1) is 22.0.